The van der Waals surface area contributed by atoms with E-state index in [1.165, 1.54) is 0 Å². The number of hydrogen-bond donors (Lipinski definition) is 1. The second-order valence-corrected chi connectivity index (χ2v) is 3.20. The van der Waals surface area contributed by atoms with Crippen LogP contribution in [0.25, 0.3) is 11.1 Å². The largest absolute Gasteiger partial charge is 0.495 e. The number of methoxy groups -OCH3 is 1. The van der Waals surface area contributed by atoms with Crippen LogP contribution in [0.5, 0.6) is 5.75 Å². The minimum Gasteiger partial charge on any atom is -0.495 e. The molecule has 16 heavy (non-hydrogen) atoms. The summed E-state index contributed by atoms with van der Waals surface area (Å²) in [7, 11) is 1.61. The number of rotatable bonds is 2. The highest BCUT2D eigenvalue weighted by Gasteiger charge is 2.02. The maximum Gasteiger partial charge on any atom is 0.141 e. The van der Waals surface area contributed by atoms with E-state index >= 15 is 0 Å². The number of anilines is 1. The van der Waals surface area contributed by atoms with Gasteiger partial charge in [0, 0.05) is 18.0 Å². The number of hydrogen-bond acceptors (Lipinski definition) is 3. The Labute approximate surface area is 95.9 Å². The molecule has 0 bridgehead atoms. The molecule has 3 heteroatoms. The van der Waals surface area contributed by atoms with E-state index in [-0.39, 0.29) is 7.43 Å². The van der Waals surface area contributed by atoms with Gasteiger partial charge in [0.05, 0.1) is 12.8 Å². The average molecular weight is 216 g/mol. The highest BCUT2D eigenvalue weighted by atomic mass is 16.5. The Bertz CT molecular complexity index is 455. The number of aromatic nitrogens is 1. The van der Waals surface area contributed by atoms with Crippen molar-refractivity contribution >= 4 is 5.69 Å². The predicted octanol–water partition coefficient (Wildman–Crippen LogP) is 2.98. The van der Waals surface area contributed by atoms with Gasteiger partial charge in [-0.05, 0) is 23.8 Å². The van der Waals surface area contributed by atoms with E-state index < -0.39 is 0 Å². The van der Waals surface area contributed by atoms with Gasteiger partial charge in [-0.3, -0.25) is 4.98 Å². The topological polar surface area (TPSA) is 48.1 Å². The predicted molar refractivity (Wildman–Crippen MR) is 67.4 cm³/mol. The maximum atomic E-state index is 5.82. The lowest BCUT2D eigenvalue weighted by molar-refractivity contribution is 0.417. The fourth-order valence-corrected chi connectivity index (χ4v) is 1.45. The molecule has 2 rings (SSSR count). The lowest BCUT2D eigenvalue weighted by Gasteiger charge is -2.06. The van der Waals surface area contributed by atoms with Crippen molar-refractivity contribution in [1.82, 2.24) is 4.98 Å². The number of nitrogen functional groups attached to an aromatic ring is 1. The summed E-state index contributed by atoms with van der Waals surface area (Å²) >= 11 is 0. The molecule has 1 aromatic carbocycles. The summed E-state index contributed by atoms with van der Waals surface area (Å²) in [4.78, 5) is 4.06. The van der Waals surface area contributed by atoms with Gasteiger partial charge in [-0.15, -0.1) is 0 Å². The number of nitrogens with two attached hydrogens (primary N) is 1. The standard InChI is InChI=1S/C12H12N2O.CH4/c1-15-12-5-4-9(7-11(12)13)10-3-2-6-14-8-10;/h2-8H,13H2,1H3;1H4. The third-order valence-corrected chi connectivity index (χ3v) is 2.22. The Morgan fingerprint density at radius 2 is 2.00 bits per heavy atom. The first kappa shape index (κ1) is 12.0. The molecule has 0 saturated heterocycles. The Kier molecular flexibility index (Phi) is 3.89. The molecule has 84 valence electrons. The first-order chi connectivity index (χ1) is 7.31. The normalized spacial score (nSPS) is 9.31. The number of nitrogens with zero attached hydrogens (tertiary/aromatic N) is 1. The van der Waals surface area contributed by atoms with Gasteiger partial charge >= 0.3 is 0 Å². The van der Waals surface area contributed by atoms with Gasteiger partial charge in [-0.1, -0.05) is 19.6 Å². The molecule has 2 aromatic rings. The van der Waals surface area contributed by atoms with Crippen LogP contribution in [-0.2, 0) is 0 Å². The van der Waals surface area contributed by atoms with Crippen LogP contribution in [0, 0.1) is 0 Å². The fraction of sp³-hybridized carbons (Fsp3) is 0.154. The molecule has 1 heterocycles. The van der Waals surface area contributed by atoms with Crippen LogP contribution in [0.4, 0.5) is 5.69 Å². The summed E-state index contributed by atoms with van der Waals surface area (Å²) in [6.45, 7) is 0. The highest BCUT2D eigenvalue weighted by molar-refractivity contribution is 5.69. The molecule has 2 N–H and O–H groups in total. The summed E-state index contributed by atoms with van der Waals surface area (Å²) in [5, 5.41) is 0. The molecule has 1 aromatic heterocycles. The first-order valence-electron chi connectivity index (χ1n) is 4.65. The molecule has 0 amide bonds. The minimum atomic E-state index is 0. The molecule has 0 radical (unpaired) electrons. The molecule has 0 aliphatic heterocycles. The van der Waals surface area contributed by atoms with E-state index in [1.54, 1.807) is 19.5 Å². The van der Waals surface area contributed by atoms with E-state index in [0.717, 1.165) is 11.1 Å². The molecule has 0 atom stereocenters. The molecule has 3 nitrogen and oxygen atoms in total. The van der Waals surface area contributed by atoms with E-state index in [0.29, 0.717) is 11.4 Å². The van der Waals surface area contributed by atoms with E-state index in [9.17, 15) is 0 Å². The number of ether oxygens (including phenoxy) is 1. The Hall–Kier alpha value is -2.03. The van der Waals surface area contributed by atoms with Crippen molar-refractivity contribution in [2.24, 2.45) is 0 Å². The van der Waals surface area contributed by atoms with Crippen LogP contribution in [0.1, 0.15) is 7.43 Å². The summed E-state index contributed by atoms with van der Waals surface area (Å²) in [5.74, 6) is 0.697. The van der Waals surface area contributed by atoms with Gasteiger partial charge < -0.3 is 10.5 Å². The zero-order valence-corrected chi connectivity index (χ0v) is 8.47. The van der Waals surface area contributed by atoms with Crippen molar-refractivity contribution in [3.63, 3.8) is 0 Å². The van der Waals surface area contributed by atoms with Crippen LogP contribution >= 0.6 is 0 Å². The Balaban J connectivity index is 0.00000128. The van der Waals surface area contributed by atoms with Gasteiger partial charge in [0.15, 0.2) is 0 Å². The Morgan fingerprint density at radius 1 is 1.19 bits per heavy atom. The first-order valence-corrected chi connectivity index (χ1v) is 4.65. The van der Waals surface area contributed by atoms with Crippen molar-refractivity contribution in [3.8, 4) is 16.9 Å². The van der Waals surface area contributed by atoms with E-state index in [1.807, 2.05) is 30.3 Å². The zero-order chi connectivity index (χ0) is 10.7. The quantitative estimate of drug-likeness (QED) is 0.785. The fourth-order valence-electron chi connectivity index (χ4n) is 1.45. The van der Waals surface area contributed by atoms with Crippen LogP contribution in [0.15, 0.2) is 42.7 Å². The van der Waals surface area contributed by atoms with Crippen molar-refractivity contribution in [2.75, 3.05) is 12.8 Å². The molecule has 0 aliphatic rings. The lowest BCUT2D eigenvalue weighted by atomic mass is 10.1. The molecule has 0 saturated carbocycles. The molecular weight excluding hydrogens is 200 g/mol. The molecular formula is C13H16N2O. The molecule has 0 aliphatic carbocycles. The van der Waals surface area contributed by atoms with Gasteiger partial charge in [0.2, 0.25) is 0 Å². The van der Waals surface area contributed by atoms with Gasteiger partial charge in [0.1, 0.15) is 5.75 Å². The summed E-state index contributed by atoms with van der Waals surface area (Å²) < 4.78 is 5.10. The maximum absolute atomic E-state index is 5.82. The second-order valence-electron chi connectivity index (χ2n) is 3.20. The molecule has 0 fully saturated rings. The highest BCUT2D eigenvalue weighted by Crippen LogP contribution is 2.27. The number of pyridine rings is 1. The van der Waals surface area contributed by atoms with Crippen molar-refractivity contribution in [2.45, 2.75) is 7.43 Å². The molecule has 0 spiro atoms. The second kappa shape index (κ2) is 5.16. The smallest absolute Gasteiger partial charge is 0.141 e. The van der Waals surface area contributed by atoms with Crippen LogP contribution in [-0.4, -0.2) is 12.1 Å². The van der Waals surface area contributed by atoms with Crippen molar-refractivity contribution in [1.29, 1.82) is 0 Å². The van der Waals surface area contributed by atoms with Gasteiger partial charge in [0.25, 0.3) is 0 Å². The average Bonchev–Trinajstić information content (AvgIpc) is 2.30. The third-order valence-electron chi connectivity index (χ3n) is 2.22. The van der Waals surface area contributed by atoms with Gasteiger partial charge in [-0.2, -0.15) is 0 Å². The monoisotopic (exact) mass is 216 g/mol. The van der Waals surface area contributed by atoms with Gasteiger partial charge in [-0.25, -0.2) is 0 Å². The summed E-state index contributed by atoms with van der Waals surface area (Å²) in [6.07, 6.45) is 3.55. The summed E-state index contributed by atoms with van der Waals surface area (Å²) in [5.41, 5.74) is 8.55. The Morgan fingerprint density at radius 3 is 2.56 bits per heavy atom. The van der Waals surface area contributed by atoms with E-state index in [4.69, 9.17) is 10.5 Å². The summed E-state index contributed by atoms with van der Waals surface area (Å²) in [6, 6.07) is 9.60. The number of benzene rings is 1. The van der Waals surface area contributed by atoms with Crippen LogP contribution in [0.3, 0.4) is 0 Å². The van der Waals surface area contributed by atoms with E-state index in [2.05, 4.69) is 4.98 Å². The zero-order valence-electron chi connectivity index (χ0n) is 8.47. The third kappa shape index (κ3) is 2.31. The van der Waals surface area contributed by atoms with Crippen molar-refractivity contribution < 1.29 is 4.74 Å². The van der Waals surface area contributed by atoms with Crippen LogP contribution < -0.4 is 10.5 Å². The van der Waals surface area contributed by atoms with Crippen LogP contribution in [0.2, 0.25) is 0 Å². The minimum absolute atomic E-state index is 0. The molecule has 0 unspecified atom stereocenters. The SMILES string of the molecule is C.COc1ccc(-c2cccnc2)cc1N. The lowest BCUT2D eigenvalue weighted by Crippen LogP contribution is -1.92. The van der Waals surface area contributed by atoms with Crippen molar-refractivity contribution in [3.05, 3.63) is 42.7 Å².